The molecule has 1 saturated heterocycles. The van der Waals surface area contributed by atoms with E-state index in [9.17, 15) is 4.79 Å². The van der Waals surface area contributed by atoms with Crippen LogP contribution in [-0.2, 0) is 19.0 Å². The summed E-state index contributed by atoms with van der Waals surface area (Å²) >= 11 is 3.63. The van der Waals surface area contributed by atoms with Crippen molar-refractivity contribution in [2.45, 2.75) is 43.5 Å². The molecule has 2 aliphatic rings. The highest BCUT2D eigenvalue weighted by Gasteiger charge is 2.38. The minimum absolute atomic E-state index is 0.0102. The molecular formula is C14H23BrO4. The average Bonchev–Trinajstić information content (AvgIpc) is 2.79. The molecule has 19 heavy (non-hydrogen) atoms. The van der Waals surface area contributed by atoms with Gasteiger partial charge in [0.25, 0.3) is 0 Å². The number of carbonyl (C=O) groups excluding carboxylic acids is 1. The van der Waals surface area contributed by atoms with Gasteiger partial charge in [0.05, 0.1) is 18.6 Å². The van der Waals surface area contributed by atoms with Crippen molar-refractivity contribution in [3.8, 4) is 0 Å². The number of halogens is 1. The third kappa shape index (κ3) is 4.43. The van der Waals surface area contributed by atoms with Gasteiger partial charge in [-0.3, -0.25) is 4.79 Å². The number of ether oxygens (including phenoxy) is 3. The van der Waals surface area contributed by atoms with E-state index in [0.29, 0.717) is 12.5 Å². The summed E-state index contributed by atoms with van der Waals surface area (Å²) in [7, 11) is 0. The largest absolute Gasteiger partial charge is 0.466 e. The van der Waals surface area contributed by atoms with Crippen LogP contribution >= 0.6 is 15.9 Å². The zero-order chi connectivity index (χ0) is 13.7. The number of rotatable bonds is 5. The number of hydrogen-bond donors (Lipinski definition) is 0. The Morgan fingerprint density at radius 1 is 1.32 bits per heavy atom. The van der Waals surface area contributed by atoms with E-state index in [1.807, 2.05) is 6.92 Å². The molecule has 2 rings (SSSR count). The number of alkyl halides is 1. The van der Waals surface area contributed by atoms with Crippen molar-refractivity contribution in [1.82, 2.24) is 0 Å². The first kappa shape index (κ1) is 15.3. The normalized spacial score (nSPS) is 32.4. The lowest BCUT2D eigenvalue weighted by Crippen LogP contribution is -2.26. The molecule has 0 aromatic heterocycles. The smallest absolute Gasteiger partial charge is 0.309 e. The molecule has 0 N–H and O–H groups in total. The van der Waals surface area contributed by atoms with Crippen LogP contribution in [0.1, 0.15) is 32.6 Å². The van der Waals surface area contributed by atoms with Crippen LogP contribution in [-0.4, -0.2) is 43.3 Å². The van der Waals surface area contributed by atoms with Crippen LogP contribution in [0.2, 0.25) is 0 Å². The van der Waals surface area contributed by atoms with Crippen LogP contribution in [0.3, 0.4) is 0 Å². The maximum atomic E-state index is 11.7. The first-order valence-electron chi connectivity index (χ1n) is 7.20. The maximum Gasteiger partial charge on any atom is 0.309 e. The fourth-order valence-electron chi connectivity index (χ4n) is 2.75. The summed E-state index contributed by atoms with van der Waals surface area (Å²) in [6.07, 6.45) is 3.90. The number of carbonyl (C=O) groups is 1. The summed E-state index contributed by atoms with van der Waals surface area (Å²) < 4.78 is 16.4. The Bertz CT molecular complexity index is 291. The third-order valence-electron chi connectivity index (χ3n) is 3.94. The second-order valence-electron chi connectivity index (χ2n) is 5.36. The van der Waals surface area contributed by atoms with E-state index in [1.165, 1.54) is 0 Å². The summed E-state index contributed by atoms with van der Waals surface area (Å²) in [6.45, 7) is 4.78. The lowest BCUT2D eigenvalue weighted by atomic mass is 10.0. The Labute approximate surface area is 123 Å². The molecule has 0 radical (unpaired) electrons. The van der Waals surface area contributed by atoms with Gasteiger partial charge in [-0.25, -0.2) is 0 Å². The molecule has 0 aromatic carbocycles. The zero-order valence-corrected chi connectivity index (χ0v) is 13.1. The predicted molar refractivity (Wildman–Crippen MR) is 75.4 cm³/mol. The van der Waals surface area contributed by atoms with Gasteiger partial charge in [0, 0.05) is 24.6 Å². The predicted octanol–water partition coefficient (Wildman–Crippen LogP) is 2.53. The van der Waals surface area contributed by atoms with Crippen LogP contribution in [0.25, 0.3) is 0 Å². The first-order valence-corrected chi connectivity index (χ1v) is 8.12. The van der Waals surface area contributed by atoms with Crippen molar-refractivity contribution < 1.29 is 19.0 Å². The molecule has 0 spiro atoms. The zero-order valence-electron chi connectivity index (χ0n) is 11.5. The second kappa shape index (κ2) is 7.60. The second-order valence-corrected chi connectivity index (χ2v) is 6.54. The van der Waals surface area contributed by atoms with Gasteiger partial charge in [0.15, 0.2) is 0 Å². The minimum atomic E-state index is -0.0795. The molecule has 0 bridgehead atoms. The lowest BCUT2D eigenvalue weighted by Gasteiger charge is -2.24. The molecule has 0 aromatic rings. The molecule has 1 aliphatic carbocycles. The van der Waals surface area contributed by atoms with Gasteiger partial charge in [0.2, 0.25) is 0 Å². The van der Waals surface area contributed by atoms with Gasteiger partial charge in [-0.15, -0.1) is 0 Å². The van der Waals surface area contributed by atoms with E-state index in [2.05, 4.69) is 15.9 Å². The quantitative estimate of drug-likeness (QED) is 0.572. The molecule has 0 amide bonds. The molecule has 4 nitrogen and oxygen atoms in total. The van der Waals surface area contributed by atoms with Crippen molar-refractivity contribution in [2.75, 3.05) is 26.4 Å². The Hall–Kier alpha value is -0.130. The summed E-state index contributed by atoms with van der Waals surface area (Å²) in [5, 5.41) is 0. The molecule has 1 aliphatic heterocycles. The molecule has 1 heterocycles. The fourth-order valence-corrected chi connectivity index (χ4v) is 3.57. The van der Waals surface area contributed by atoms with E-state index >= 15 is 0 Å². The molecule has 3 unspecified atom stereocenters. The fraction of sp³-hybridized carbons (Fsp3) is 0.929. The number of hydrogen-bond acceptors (Lipinski definition) is 4. The monoisotopic (exact) mass is 334 g/mol. The van der Waals surface area contributed by atoms with Crippen LogP contribution in [0.4, 0.5) is 0 Å². The van der Waals surface area contributed by atoms with E-state index in [1.54, 1.807) is 0 Å². The maximum absolute atomic E-state index is 11.7. The highest BCUT2D eigenvalue weighted by atomic mass is 79.9. The topological polar surface area (TPSA) is 44.8 Å². The average molecular weight is 335 g/mol. The highest BCUT2D eigenvalue weighted by Crippen LogP contribution is 2.34. The van der Waals surface area contributed by atoms with Crippen LogP contribution in [0.15, 0.2) is 0 Å². The highest BCUT2D eigenvalue weighted by molar-refractivity contribution is 9.09. The summed E-state index contributed by atoms with van der Waals surface area (Å²) in [5.41, 5.74) is 0. The van der Waals surface area contributed by atoms with Crippen LogP contribution < -0.4 is 0 Å². The standard InChI is InChI=1S/C14H23BrO4/c1-2-18-14(16)11-7-12(15)13(8-11)19-9-10-3-5-17-6-4-10/h10-13H,2-9H2,1H3. The minimum Gasteiger partial charge on any atom is -0.466 e. The van der Waals surface area contributed by atoms with Crippen molar-refractivity contribution in [3.63, 3.8) is 0 Å². The lowest BCUT2D eigenvalue weighted by molar-refractivity contribution is -0.148. The SMILES string of the molecule is CCOC(=O)C1CC(Br)C(OCC2CCOCC2)C1. The van der Waals surface area contributed by atoms with Crippen LogP contribution in [0.5, 0.6) is 0 Å². The van der Waals surface area contributed by atoms with E-state index in [-0.39, 0.29) is 22.8 Å². The van der Waals surface area contributed by atoms with Gasteiger partial charge in [-0.1, -0.05) is 15.9 Å². The Morgan fingerprint density at radius 2 is 2.05 bits per heavy atom. The van der Waals surface area contributed by atoms with E-state index in [0.717, 1.165) is 45.5 Å². The van der Waals surface area contributed by atoms with E-state index in [4.69, 9.17) is 14.2 Å². The van der Waals surface area contributed by atoms with Crippen molar-refractivity contribution in [2.24, 2.45) is 11.8 Å². The van der Waals surface area contributed by atoms with Crippen molar-refractivity contribution >= 4 is 21.9 Å². The number of esters is 1. The Balaban J connectivity index is 1.73. The van der Waals surface area contributed by atoms with Gasteiger partial charge < -0.3 is 14.2 Å². The Kier molecular flexibility index (Phi) is 6.10. The molecule has 3 atom stereocenters. The molecule has 1 saturated carbocycles. The summed E-state index contributed by atoms with van der Waals surface area (Å²) in [5.74, 6) is 0.517. The molecule has 110 valence electrons. The van der Waals surface area contributed by atoms with Gasteiger partial charge in [-0.05, 0) is 38.5 Å². The van der Waals surface area contributed by atoms with Crippen molar-refractivity contribution in [1.29, 1.82) is 0 Å². The van der Waals surface area contributed by atoms with Crippen LogP contribution in [0, 0.1) is 11.8 Å². The molecule has 2 fully saturated rings. The van der Waals surface area contributed by atoms with Gasteiger partial charge in [0.1, 0.15) is 0 Å². The Morgan fingerprint density at radius 3 is 2.74 bits per heavy atom. The third-order valence-corrected chi connectivity index (χ3v) is 4.90. The van der Waals surface area contributed by atoms with Gasteiger partial charge in [-0.2, -0.15) is 0 Å². The summed E-state index contributed by atoms with van der Waals surface area (Å²) in [4.78, 5) is 12.0. The molecular weight excluding hydrogens is 312 g/mol. The van der Waals surface area contributed by atoms with E-state index < -0.39 is 0 Å². The van der Waals surface area contributed by atoms with Gasteiger partial charge >= 0.3 is 5.97 Å². The summed E-state index contributed by atoms with van der Waals surface area (Å²) in [6, 6.07) is 0. The van der Waals surface area contributed by atoms with Crippen molar-refractivity contribution in [3.05, 3.63) is 0 Å². The molecule has 5 heteroatoms. The first-order chi connectivity index (χ1) is 9.20.